The van der Waals surface area contributed by atoms with E-state index in [-0.39, 0.29) is 0 Å². The molecule has 3 N–H and O–H groups in total. The van der Waals surface area contributed by atoms with Gasteiger partial charge in [0, 0.05) is 0 Å². The normalized spacial score (nSPS) is 30.2. The van der Waals surface area contributed by atoms with Crippen LogP contribution in [-0.4, -0.2) is 45.0 Å². The van der Waals surface area contributed by atoms with Crippen LogP contribution < -0.4 is 5.56 Å². The number of rotatable bonds is 2. The Bertz CT molecular complexity index is 690. The molecule has 0 spiro atoms. The van der Waals surface area contributed by atoms with E-state index in [4.69, 9.17) is 14.4 Å². The molecule has 0 aliphatic carbocycles. The molecule has 0 bridgehead atoms. The number of hydrogen-bond acceptors (Lipinski definition) is 6. The number of aliphatic hydroxyl groups excluding tert-OH is 3. The third-order valence-electron chi connectivity index (χ3n) is 3.58. The lowest BCUT2D eigenvalue weighted by Crippen LogP contribution is -2.34. The van der Waals surface area contributed by atoms with Gasteiger partial charge in [-0.05, 0) is 18.6 Å². The van der Waals surface area contributed by atoms with Crippen molar-refractivity contribution in [2.24, 2.45) is 0 Å². The van der Waals surface area contributed by atoms with Crippen LogP contribution in [0.1, 0.15) is 11.8 Å². The molecule has 20 heavy (non-hydrogen) atoms. The van der Waals surface area contributed by atoms with Gasteiger partial charge in [0.25, 0.3) is 5.56 Å². The second-order valence-corrected chi connectivity index (χ2v) is 4.90. The molecule has 7 heteroatoms. The van der Waals surface area contributed by atoms with Crippen LogP contribution >= 0.6 is 0 Å². The zero-order valence-electron chi connectivity index (χ0n) is 10.8. The van der Waals surface area contributed by atoms with Gasteiger partial charge < -0.3 is 24.6 Å². The SMILES string of the molecule is Cc1cccc2c(=O)n([C@@H]3O[C@H](CO)[C@@H](O)[C@H]3O)oc12. The van der Waals surface area contributed by atoms with Crippen LogP contribution in [0.3, 0.4) is 0 Å². The van der Waals surface area contributed by atoms with Gasteiger partial charge in [-0.15, -0.1) is 4.74 Å². The second kappa shape index (κ2) is 4.71. The van der Waals surface area contributed by atoms with Crippen LogP contribution in [0.25, 0.3) is 11.0 Å². The van der Waals surface area contributed by atoms with Crippen LogP contribution in [-0.2, 0) is 4.74 Å². The largest absolute Gasteiger partial charge is 0.394 e. The maximum Gasteiger partial charge on any atom is 0.293 e. The number of ether oxygens (including phenoxy) is 1. The molecule has 1 aliphatic rings. The molecule has 4 atom stereocenters. The molecular formula is C13H15NO6. The molecule has 0 unspecified atom stereocenters. The molecule has 1 aliphatic heterocycles. The van der Waals surface area contributed by atoms with Crippen LogP contribution in [0.4, 0.5) is 0 Å². The predicted octanol–water partition coefficient (Wildman–Crippen LogP) is -0.486. The third kappa shape index (κ3) is 1.79. The lowest BCUT2D eigenvalue weighted by Gasteiger charge is -2.13. The number of aromatic nitrogens is 1. The zero-order chi connectivity index (χ0) is 14.4. The van der Waals surface area contributed by atoms with E-state index in [0.717, 1.165) is 10.3 Å². The number of aliphatic hydroxyl groups is 3. The summed E-state index contributed by atoms with van der Waals surface area (Å²) in [7, 11) is 0. The topological polar surface area (TPSA) is 105 Å². The minimum atomic E-state index is -1.34. The maximum absolute atomic E-state index is 12.2. The molecule has 108 valence electrons. The Morgan fingerprint density at radius 1 is 1.30 bits per heavy atom. The van der Waals surface area contributed by atoms with Crippen molar-refractivity contribution < 1.29 is 24.6 Å². The number of benzene rings is 1. The van der Waals surface area contributed by atoms with Gasteiger partial charge in [-0.2, -0.15) is 0 Å². The Hall–Kier alpha value is -1.67. The molecule has 1 fully saturated rings. The van der Waals surface area contributed by atoms with Crippen molar-refractivity contribution in [2.45, 2.75) is 31.5 Å². The predicted molar refractivity (Wildman–Crippen MR) is 68.2 cm³/mol. The fourth-order valence-electron chi connectivity index (χ4n) is 2.44. The van der Waals surface area contributed by atoms with Gasteiger partial charge in [-0.1, -0.05) is 12.1 Å². The van der Waals surface area contributed by atoms with Crippen LogP contribution in [0.15, 0.2) is 27.5 Å². The van der Waals surface area contributed by atoms with Crippen molar-refractivity contribution in [3.05, 3.63) is 34.1 Å². The van der Waals surface area contributed by atoms with Crippen molar-refractivity contribution in [3.63, 3.8) is 0 Å². The summed E-state index contributed by atoms with van der Waals surface area (Å²) < 4.78 is 11.6. The van der Waals surface area contributed by atoms with E-state index in [1.54, 1.807) is 25.1 Å². The highest BCUT2D eigenvalue weighted by molar-refractivity contribution is 5.78. The molecule has 1 aromatic carbocycles. The molecule has 3 rings (SSSR count). The molecule has 2 heterocycles. The third-order valence-corrected chi connectivity index (χ3v) is 3.58. The van der Waals surface area contributed by atoms with E-state index in [1.165, 1.54) is 0 Å². The van der Waals surface area contributed by atoms with Gasteiger partial charge in [0.1, 0.15) is 18.3 Å². The molecule has 1 saturated heterocycles. The summed E-state index contributed by atoms with van der Waals surface area (Å²) in [5.74, 6) is 0. The van der Waals surface area contributed by atoms with Gasteiger partial charge in [0.05, 0.1) is 12.0 Å². The van der Waals surface area contributed by atoms with Crippen molar-refractivity contribution in [1.29, 1.82) is 0 Å². The van der Waals surface area contributed by atoms with E-state index < -0.39 is 36.7 Å². The lowest BCUT2D eigenvalue weighted by atomic mass is 10.1. The summed E-state index contributed by atoms with van der Waals surface area (Å²) in [5.41, 5.74) is 0.749. The molecular weight excluding hydrogens is 266 g/mol. The fourth-order valence-corrected chi connectivity index (χ4v) is 2.44. The minimum absolute atomic E-state index is 0.378. The number of aryl methyl sites for hydroxylation is 1. The minimum Gasteiger partial charge on any atom is -0.394 e. The fraction of sp³-hybridized carbons (Fsp3) is 0.462. The molecule has 2 aromatic rings. The highest BCUT2D eigenvalue weighted by Gasteiger charge is 2.45. The summed E-state index contributed by atoms with van der Waals surface area (Å²) in [6, 6.07) is 5.15. The summed E-state index contributed by atoms with van der Waals surface area (Å²) in [6.07, 6.45) is -4.71. The number of nitrogens with zero attached hydrogens (tertiary/aromatic N) is 1. The average Bonchev–Trinajstić information content (AvgIpc) is 2.91. The molecule has 1 aromatic heterocycles. The van der Waals surface area contributed by atoms with Gasteiger partial charge in [-0.3, -0.25) is 4.79 Å². The maximum atomic E-state index is 12.2. The number of fused-ring (bicyclic) bond motifs is 1. The Balaban J connectivity index is 2.10. The van der Waals surface area contributed by atoms with Gasteiger partial charge in [-0.25, -0.2) is 0 Å². The van der Waals surface area contributed by atoms with E-state index in [9.17, 15) is 15.0 Å². The smallest absolute Gasteiger partial charge is 0.293 e. The summed E-state index contributed by atoms with van der Waals surface area (Å²) in [5, 5.41) is 29.1. The van der Waals surface area contributed by atoms with Crippen molar-refractivity contribution in [2.75, 3.05) is 6.61 Å². The molecule has 0 saturated carbocycles. The van der Waals surface area contributed by atoms with E-state index in [2.05, 4.69) is 0 Å². The van der Waals surface area contributed by atoms with Crippen molar-refractivity contribution in [1.82, 2.24) is 4.74 Å². The van der Waals surface area contributed by atoms with Crippen LogP contribution in [0, 0.1) is 6.92 Å². The molecule has 0 amide bonds. The Kier molecular flexibility index (Phi) is 3.14. The first-order chi connectivity index (χ1) is 9.54. The number of hydrogen-bond donors (Lipinski definition) is 3. The number of para-hydroxylation sites is 1. The lowest BCUT2D eigenvalue weighted by molar-refractivity contribution is -0.0864. The quantitative estimate of drug-likeness (QED) is 0.686. The average molecular weight is 281 g/mol. The highest BCUT2D eigenvalue weighted by atomic mass is 16.6. The van der Waals surface area contributed by atoms with Crippen LogP contribution in [0.5, 0.6) is 0 Å². The van der Waals surface area contributed by atoms with Crippen LogP contribution in [0.2, 0.25) is 0 Å². The van der Waals surface area contributed by atoms with Gasteiger partial charge >= 0.3 is 0 Å². The summed E-state index contributed by atoms with van der Waals surface area (Å²) in [6.45, 7) is 1.34. The summed E-state index contributed by atoms with van der Waals surface area (Å²) >= 11 is 0. The zero-order valence-corrected chi connectivity index (χ0v) is 10.8. The Labute approximate surface area is 113 Å². The van der Waals surface area contributed by atoms with Gasteiger partial charge in [0.2, 0.25) is 0 Å². The highest BCUT2D eigenvalue weighted by Crippen LogP contribution is 2.29. The Morgan fingerprint density at radius 3 is 2.65 bits per heavy atom. The van der Waals surface area contributed by atoms with E-state index in [0.29, 0.717) is 11.0 Å². The van der Waals surface area contributed by atoms with Gasteiger partial charge in [0.15, 0.2) is 11.8 Å². The summed E-state index contributed by atoms with van der Waals surface area (Å²) in [4.78, 5) is 12.2. The molecule has 7 nitrogen and oxygen atoms in total. The van der Waals surface area contributed by atoms with E-state index in [1.807, 2.05) is 0 Å². The van der Waals surface area contributed by atoms with Crippen molar-refractivity contribution >= 4 is 11.0 Å². The van der Waals surface area contributed by atoms with E-state index >= 15 is 0 Å². The standard InChI is InChI=1S/C13H15NO6/c1-6-3-2-4-7-11(6)20-14(12(7)18)13-10(17)9(16)8(5-15)19-13/h2-4,8-10,13,15-17H,5H2,1H3/t8-,9-,10-,13-/m1/s1. The monoisotopic (exact) mass is 281 g/mol. The first-order valence-corrected chi connectivity index (χ1v) is 6.28. The first-order valence-electron chi connectivity index (χ1n) is 6.28. The van der Waals surface area contributed by atoms with Crippen molar-refractivity contribution in [3.8, 4) is 0 Å². The molecule has 0 radical (unpaired) electrons. The Morgan fingerprint density at radius 2 is 2.05 bits per heavy atom. The first kappa shape index (κ1) is 13.3. The second-order valence-electron chi connectivity index (χ2n) is 4.90.